The zero-order chi connectivity index (χ0) is 21.3. The highest BCUT2D eigenvalue weighted by Gasteiger charge is 2.14. The number of benzene rings is 2. The Labute approximate surface area is 175 Å². The quantitative estimate of drug-likeness (QED) is 0.624. The topological polar surface area (TPSA) is 77.4 Å². The molecule has 1 aromatic heterocycles. The molecule has 0 spiro atoms. The molecule has 6 nitrogen and oxygen atoms in total. The fourth-order valence-electron chi connectivity index (χ4n) is 3.13. The van der Waals surface area contributed by atoms with Crippen molar-refractivity contribution in [2.75, 3.05) is 5.32 Å². The van der Waals surface area contributed by atoms with Gasteiger partial charge < -0.3 is 10.2 Å². The number of anilines is 1. The van der Waals surface area contributed by atoms with E-state index in [1.165, 1.54) is 6.92 Å². The minimum absolute atomic E-state index is 0.0813. The summed E-state index contributed by atoms with van der Waals surface area (Å²) in [5.74, 6) is -0.869. The van der Waals surface area contributed by atoms with E-state index in [-0.39, 0.29) is 18.0 Å². The van der Waals surface area contributed by atoms with Crippen LogP contribution in [0.1, 0.15) is 36.6 Å². The van der Waals surface area contributed by atoms with Crippen molar-refractivity contribution in [2.45, 2.75) is 32.6 Å². The average Bonchev–Trinajstić information content (AvgIpc) is 2.74. The molecule has 2 aromatic carbocycles. The summed E-state index contributed by atoms with van der Waals surface area (Å²) < 4.78 is 0.953. The van der Waals surface area contributed by atoms with E-state index in [1.54, 1.807) is 12.1 Å². The highest BCUT2D eigenvalue weighted by Crippen LogP contribution is 2.11. The standard InChI is InChI=1S/C24H24N2O4/c1-18(27)30-26-21(17-20-11-6-3-7-12-20)15-16-22(24(26)29)25-23(28)14-8-13-19-9-4-2-5-10-19/h2-7,9-12,15-16H,8,13-14,17H2,1H3,(H,25,28). The van der Waals surface area contributed by atoms with Crippen LogP contribution in [0.15, 0.2) is 77.6 Å². The molecule has 0 saturated heterocycles. The number of carbonyl (C=O) groups is 2. The van der Waals surface area contributed by atoms with E-state index in [4.69, 9.17) is 4.84 Å². The summed E-state index contributed by atoms with van der Waals surface area (Å²) in [7, 11) is 0. The van der Waals surface area contributed by atoms with E-state index >= 15 is 0 Å². The minimum atomic E-state index is -0.613. The van der Waals surface area contributed by atoms with Crippen LogP contribution in [0.3, 0.4) is 0 Å². The zero-order valence-electron chi connectivity index (χ0n) is 16.8. The Hall–Kier alpha value is -3.67. The maximum Gasteiger partial charge on any atom is 0.330 e. The molecule has 3 aromatic rings. The largest absolute Gasteiger partial charge is 0.333 e. The van der Waals surface area contributed by atoms with Gasteiger partial charge in [0.25, 0.3) is 0 Å². The van der Waals surface area contributed by atoms with Gasteiger partial charge in [0.1, 0.15) is 5.69 Å². The Morgan fingerprint density at radius 1 is 0.900 bits per heavy atom. The van der Waals surface area contributed by atoms with E-state index in [0.717, 1.165) is 22.3 Å². The number of rotatable bonds is 8. The third-order valence-corrected chi connectivity index (χ3v) is 4.55. The predicted molar refractivity (Wildman–Crippen MR) is 115 cm³/mol. The molecule has 0 atom stereocenters. The second-order valence-corrected chi connectivity index (χ2v) is 6.97. The second kappa shape index (κ2) is 10.2. The Morgan fingerprint density at radius 3 is 2.17 bits per heavy atom. The van der Waals surface area contributed by atoms with Gasteiger partial charge >= 0.3 is 11.5 Å². The van der Waals surface area contributed by atoms with Crippen LogP contribution in [0.4, 0.5) is 5.69 Å². The van der Waals surface area contributed by atoms with E-state index in [2.05, 4.69) is 5.32 Å². The van der Waals surface area contributed by atoms with Gasteiger partial charge in [-0.2, -0.15) is 0 Å². The van der Waals surface area contributed by atoms with Crippen LogP contribution in [0, 0.1) is 0 Å². The molecule has 1 N–H and O–H groups in total. The molecule has 0 saturated carbocycles. The highest BCUT2D eigenvalue weighted by atomic mass is 16.7. The SMILES string of the molecule is CC(=O)On1c(Cc2ccccc2)ccc(NC(=O)CCCc2ccccc2)c1=O. The van der Waals surface area contributed by atoms with Crippen LogP contribution in [0.5, 0.6) is 0 Å². The van der Waals surface area contributed by atoms with E-state index < -0.39 is 11.5 Å². The van der Waals surface area contributed by atoms with Crippen LogP contribution in [0.25, 0.3) is 0 Å². The van der Waals surface area contributed by atoms with Gasteiger partial charge in [0.15, 0.2) is 0 Å². The third-order valence-electron chi connectivity index (χ3n) is 4.55. The molecular weight excluding hydrogens is 380 g/mol. The summed E-state index contributed by atoms with van der Waals surface area (Å²) in [6.45, 7) is 1.23. The molecule has 0 aliphatic heterocycles. The van der Waals surface area contributed by atoms with E-state index in [9.17, 15) is 14.4 Å². The van der Waals surface area contributed by atoms with Crippen molar-refractivity contribution in [1.82, 2.24) is 4.73 Å². The summed E-state index contributed by atoms with van der Waals surface area (Å²) in [5.41, 5.74) is 2.15. The van der Waals surface area contributed by atoms with Crippen molar-refractivity contribution in [2.24, 2.45) is 0 Å². The summed E-state index contributed by atoms with van der Waals surface area (Å²) in [6, 6.07) is 22.7. The number of nitrogens with one attached hydrogen (secondary N) is 1. The van der Waals surface area contributed by atoms with Gasteiger partial charge in [0.2, 0.25) is 5.91 Å². The second-order valence-electron chi connectivity index (χ2n) is 6.97. The summed E-state index contributed by atoms with van der Waals surface area (Å²) in [5, 5.41) is 2.64. The monoisotopic (exact) mass is 404 g/mol. The first-order valence-electron chi connectivity index (χ1n) is 9.84. The van der Waals surface area contributed by atoms with Gasteiger partial charge in [-0.05, 0) is 36.1 Å². The molecule has 30 heavy (non-hydrogen) atoms. The van der Waals surface area contributed by atoms with Crippen LogP contribution in [0.2, 0.25) is 0 Å². The lowest BCUT2D eigenvalue weighted by atomic mass is 10.1. The van der Waals surface area contributed by atoms with Gasteiger partial charge in [-0.1, -0.05) is 60.7 Å². The fraction of sp³-hybridized carbons (Fsp3) is 0.208. The number of carbonyl (C=O) groups excluding carboxylic acids is 2. The lowest BCUT2D eigenvalue weighted by Gasteiger charge is -2.14. The lowest BCUT2D eigenvalue weighted by Crippen LogP contribution is -2.34. The van der Waals surface area contributed by atoms with Gasteiger partial charge in [-0.3, -0.25) is 9.59 Å². The molecule has 0 fully saturated rings. The zero-order valence-corrected chi connectivity index (χ0v) is 16.8. The van der Waals surface area contributed by atoms with Crippen molar-refractivity contribution in [3.05, 3.63) is 100.0 Å². The van der Waals surface area contributed by atoms with E-state index in [0.29, 0.717) is 18.5 Å². The molecule has 0 bridgehead atoms. The number of nitrogens with zero attached hydrogens (tertiary/aromatic N) is 1. The number of hydrogen-bond donors (Lipinski definition) is 1. The van der Waals surface area contributed by atoms with Gasteiger partial charge in [0, 0.05) is 19.8 Å². The van der Waals surface area contributed by atoms with Gasteiger partial charge in [-0.25, -0.2) is 4.79 Å². The first-order valence-corrected chi connectivity index (χ1v) is 9.84. The van der Waals surface area contributed by atoms with Crippen molar-refractivity contribution in [3.8, 4) is 0 Å². The van der Waals surface area contributed by atoms with Gasteiger partial charge in [0.05, 0.1) is 5.69 Å². The van der Waals surface area contributed by atoms with Crippen LogP contribution in [-0.4, -0.2) is 16.6 Å². The molecule has 0 aliphatic rings. The number of hydrogen-bond acceptors (Lipinski definition) is 4. The summed E-state index contributed by atoms with van der Waals surface area (Å²) in [4.78, 5) is 41.7. The molecule has 0 radical (unpaired) electrons. The van der Waals surface area contributed by atoms with Crippen LogP contribution in [-0.2, 0) is 22.4 Å². The van der Waals surface area contributed by atoms with E-state index in [1.807, 2.05) is 60.7 Å². The molecule has 6 heteroatoms. The maximum absolute atomic E-state index is 12.8. The molecule has 1 amide bonds. The molecular formula is C24H24N2O4. The number of aryl methyl sites for hydroxylation is 1. The molecule has 154 valence electrons. The maximum atomic E-state index is 12.8. The third kappa shape index (κ3) is 5.91. The summed E-state index contributed by atoms with van der Waals surface area (Å²) >= 11 is 0. The number of aromatic nitrogens is 1. The Balaban J connectivity index is 1.70. The van der Waals surface area contributed by atoms with Crippen LogP contribution >= 0.6 is 0 Å². The normalized spacial score (nSPS) is 10.4. The lowest BCUT2D eigenvalue weighted by molar-refractivity contribution is -0.142. The Bertz CT molecular complexity index is 1060. The highest BCUT2D eigenvalue weighted by molar-refractivity contribution is 5.90. The summed E-state index contributed by atoms with van der Waals surface area (Å²) in [6.07, 6.45) is 2.14. The van der Waals surface area contributed by atoms with Crippen molar-refractivity contribution in [3.63, 3.8) is 0 Å². The number of pyridine rings is 1. The fourth-order valence-corrected chi connectivity index (χ4v) is 3.13. The predicted octanol–water partition coefficient (Wildman–Crippen LogP) is 3.38. The molecule has 1 heterocycles. The smallest absolute Gasteiger partial charge is 0.330 e. The molecule has 0 aliphatic carbocycles. The van der Waals surface area contributed by atoms with Gasteiger partial charge in [-0.15, -0.1) is 4.73 Å². The Morgan fingerprint density at radius 2 is 1.53 bits per heavy atom. The molecule has 0 unspecified atom stereocenters. The van der Waals surface area contributed by atoms with Crippen molar-refractivity contribution < 1.29 is 14.4 Å². The van der Waals surface area contributed by atoms with Crippen LogP contribution < -0.4 is 15.7 Å². The minimum Gasteiger partial charge on any atom is -0.333 e. The Kier molecular flexibility index (Phi) is 7.16. The average molecular weight is 404 g/mol. The number of amides is 1. The van der Waals surface area contributed by atoms with Crippen molar-refractivity contribution in [1.29, 1.82) is 0 Å². The first-order chi connectivity index (χ1) is 14.5. The molecule has 3 rings (SSSR count). The van der Waals surface area contributed by atoms with Crippen molar-refractivity contribution >= 4 is 17.6 Å². The first kappa shape index (κ1) is 21.0.